The van der Waals surface area contributed by atoms with Crippen LogP contribution in [0.2, 0.25) is 0 Å². The highest BCUT2D eigenvalue weighted by Crippen LogP contribution is 2.57. The van der Waals surface area contributed by atoms with Crippen LogP contribution in [-0.2, 0) is 0 Å². The van der Waals surface area contributed by atoms with Crippen molar-refractivity contribution in [1.29, 1.82) is 0 Å². The summed E-state index contributed by atoms with van der Waals surface area (Å²) in [6, 6.07) is 80.7. The lowest BCUT2D eigenvalue weighted by atomic mass is 9.87. The Morgan fingerprint density at radius 2 is 0.595 bits per heavy atom. The zero-order chi connectivity index (χ0) is 50.2. The minimum Gasteiger partial charge on any atom is -0.497 e. The average molecular weight is 957 g/mol. The van der Waals surface area contributed by atoms with Crippen LogP contribution in [0.15, 0.2) is 218 Å². The van der Waals surface area contributed by atoms with Crippen LogP contribution in [0.25, 0.3) is 86.9 Å². The SMILES string of the molecule is COc1ccc(N(c2ccc(C(C)C)cc2)c2ccc3c4c(-c5ccccc5)c5c6cccc7c(N(c8ccc(OC)cc8)c8ccc(C(C)C)cc8)ccc(c5c(-c5ccccc5)c4c4cccc2c43)c76)cc1. The van der Waals surface area contributed by atoms with Gasteiger partial charge in [0.05, 0.1) is 25.6 Å². The number of rotatable bonds is 12. The fourth-order valence-corrected chi connectivity index (χ4v) is 12.0. The standard InChI is InChI=1S/C70H56N2O2/c1-43(2)45-23-27-49(28-24-45)71(51-31-35-53(73-5)36-32-51)61-41-39-59-65-55(61)19-13-21-57(65)67-63(47-15-9-7-10-16-47)70-60-40-42-62(72(52-33-37-54(74-6)38-34-52)50-29-25-46(26-30-50)44(3)4)56-20-14-22-58(66(56)60)68(70)64(69(59)67)48-17-11-8-12-18-48/h7-44H,1-6H3. The summed E-state index contributed by atoms with van der Waals surface area (Å²) in [6.45, 7) is 9.01. The first-order valence-electron chi connectivity index (χ1n) is 25.9. The van der Waals surface area contributed by atoms with Gasteiger partial charge in [-0.25, -0.2) is 0 Å². The fourth-order valence-electron chi connectivity index (χ4n) is 12.0. The van der Waals surface area contributed by atoms with Crippen LogP contribution in [0.5, 0.6) is 11.5 Å². The molecule has 0 saturated carbocycles. The van der Waals surface area contributed by atoms with Gasteiger partial charge in [0.25, 0.3) is 0 Å². The third-order valence-corrected chi connectivity index (χ3v) is 15.5. The molecule has 0 amide bonds. The Morgan fingerprint density at radius 1 is 0.284 bits per heavy atom. The maximum absolute atomic E-state index is 5.66. The normalized spacial score (nSPS) is 11.9. The number of methoxy groups -OCH3 is 2. The maximum atomic E-state index is 5.66. The van der Waals surface area contributed by atoms with Gasteiger partial charge in [-0.3, -0.25) is 0 Å². The minimum absolute atomic E-state index is 0.426. The number of anilines is 6. The molecule has 0 aliphatic rings. The van der Waals surface area contributed by atoms with Gasteiger partial charge in [-0.2, -0.15) is 0 Å². The summed E-state index contributed by atoms with van der Waals surface area (Å²) in [4.78, 5) is 4.82. The monoisotopic (exact) mass is 956 g/mol. The van der Waals surface area contributed by atoms with Gasteiger partial charge >= 0.3 is 0 Å². The van der Waals surface area contributed by atoms with Crippen molar-refractivity contribution in [2.45, 2.75) is 39.5 Å². The second-order valence-electron chi connectivity index (χ2n) is 20.3. The first-order valence-corrected chi connectivity index (χ1v) is 25.9. The summed E-state index contributed by atoms with van der Waals surface area (Å²) in [6.07, 6.45) is 0. The molecule has 0 heterocycles. The van der Waals surface area contributed by atoms with Crippen LogP contribution in [0, 0.1) is 0 Å². The average Bonchev–Trinajstić information content (AvgIpc) is 4.07. The van der Waals surface area contributed by atoms with Gasteiger partial charge < -0.3 is 19.3 Å². The number of nitrogens with zero attached hydrogens (tertiary/aromatic N) is 2. The Morgan fingerprint density at radius 3 is 0.919 bits per heavy atom. The third kappa shape index (κ3) is 7.11. The first kappa shape index (κ1) is 45.0. The van der Waals surface area contributed by atoms with E-state index < -0.39 is 0 Å². The number of ether oxygens (including phenoxy) is 2. The summed E-state index contributed by atoms with van der Waals surface area (Å²) < 4.78 is 11.3. The van der Waals surface area contributed by atoms with Gasteiger partial charge in [0.15, 0.2) is 0 Å². The molecule has 0 radical (unpaired) electrons. The second kappa shape index (κ2) is 18.0. The number of hydrogen-bond acceptors (Lipinski definition) is 4. The molecule has 0 spiro atoms. The number of fused-ring (bicyclic) bond motifs is 6. The molecular weight excluding hydrogens is 901 g/mol. The lowest BCUT2D eigenvalue weighted by molar-refractivity contribution is 0.414. The predicted molar refractivity (Wildman–Crippen MR) is 315 cm³/mol. The number of hydrogen-bond donors (Lipinski definition) is 0. The van der Waals surface area contributed by atoms with Gasteiger partial charge in [-0.15, -0.1) is 0 Å². The topological polar surface area (TPSA) is 24.9 Å². The third-order valence-electron chi connectivity index (χ3n) is 15.5. The van der Waals surface area contributed by atoms with Crippen molar-refractivity contribution < 1.29 is 9.47 Å². The molecule has 0 aromatic heterocycles. The second-order valence-corrected chi connectivity index (χ2v) is 20.3. The van der Waals surface area contributed by atoms with Crippen molar-refractivity contribution in [3.8, 4) is 33.8 Å². The van der Waals surface area contributed by atoms with E-state index in [1.165, 1.54) is 98.0 Å². The lowest BCUT2D eigenvalue weighted by Crippen LogP contribution is -2.10. The van der Waals surface area contributed by atoms with E-state index in [2.05, 4.69) is 256 Å². The van der Waals surface area contributed by atoms with E-state index in [4.69, 9.17) is 9.47 Å². The van der Waals surface area contributed by atoms with Gasteiger partial charge in [0.2, 0.25) is 0 Å². The summed E-state index contributed by atoms with van der Waals surface area (Å²) in [7, 11) is 3.45. The van der Waals surface area contributed by atoms with Gasteiger partial charge in [0, 0.05) is 33.5 Å². The quantitative estimate of drug-likeness (QED) is 0.122. The van der Waals surface area contributed by atoms with E-state index in [1.807, 2.05) is 0 Å². The van der Waals surface area contributed by atoms with Gasteiger partial charge in [-0.05, 0) is 184 Å². The highest BCUT2D eigenvalue weighted by Gasteiger charge is 2.30. The van der Waals surface area contributed by atoms with Crippen LogP contribution in [-0.4, -0.2) is 14.2 Å². The first-order chi connectivity index (χ1) is 36.3. The van der Waals surface area contributed by atoms with Crippen LogP contribution in [0.4, 0.5) is 34.1 Å². The Labute approximate surface area is 432 Å². The predicted octanol–water partition coefficient (Wildman–Crippen LogP) is 20.0. The van der Waals surface area contributed by atoms with E-state index in [0.29, 0.717) is 11.8 Å². The van der Waals surface area contributed by atoms with Crippen molar-refractivity contribution >= 4 is 98.8 Å². The molecule has 0 fully saturated rings. The molecule has 0 saturated heterocycles. The van der Waals surface area contributed by atoms with Crippen LogP contribution < -0.4 is 19.3 Å². The highest BCUT2D eigenvalue weighted by molar-refractivity contribution is 6.47. The van der Waals surface area contributed by atoms with Crippen LogP contribution in [0.1, 0.15) is 50.7 Å². The van der Waals surface area contributed by atoms with Crippen LogP contribution >= 0.6 is 0 Å². The van der Waals surface area contributed by atoms with Crippen molar-refractivity contribution in [3.63, 3.8) is 0 Å². The maximum Gasteiger partial charge on any atom is 0.119 e. The molecule has 13 aromatic carbocycles. The zero-order valence-corrected chi connectivity index (χ0v) is 42.7. The summed E-state index contributed by atoms with van der Waals surface area (Å²) in [5.41, 5.74) is 14.1. The van der Waals surface area contributed by atoms with E-state index in [9.17, 15) is 0 Å². The van der Waals surface area contributed by atoms with Gasteiger partial charge in [-0.1, -0.05) is 161 Å². The molecule has 4 heteroatoms. The summed E-state index contributed by atoms with van der Waals surface area (Å²) in [5, 5.41) is 15.0. The molecule has 358 valence electrons. The van der Waals surface area contributed by atoms with Crippen molar-refractivity contribution in [2.75, 3.05) is 24.0 Å². The zero-order valence-electron chi connectivity index (χ0n) is 42.7. The van der Waals surface area contributed by atoms with E-state index in [0.717, 1.165) is 45.6 Å². The van der Waals surface area contributed by atoms with E-state index in [-0.39, 0.29) is 0 Å². The fraction of sp³-hybridized carbons (Fsp3) is 0.114. The Kier molecular flexibility index (Phi) is 11.0. The molecular formula is C70H56N2O2. The summed E-state index contributed by atoms with van der Waals surface area (Å²) >= 11 is 0. The Bertz CT molecular complexity index is 3840. The smallest absolute Gasteiger partial charge is 0.119 e. The molecule has 13 aromatic rings. The molecule has 4 nitrogen and oxygen atoms in total. The van der Waals surface area contributed by atoms with E-state index >= 15 is 0 Å². The largest absolute Gasteiger partial charge is 0.497 e. The molecule has 0 bridgehead atoms. The highest BCUT2D eigenvalue weighted by atomic mass is 16.5. The molecule has 0 aliphatic heterocycles. The molecule has 74 heavy (non-hydrogen) atoms. The Balaban J connectivity index is 1.15. The molecule has 13 rings (SSSR count). The minimum atomic E-state index is 0.426. The van der Waals surface area contributed by atoms with Crippen molar-refractivity contribution in [2.24, 2.45) is 0 Å². The van der Waals surface area contributed by atoms with Crippen molar-refractivity contribution in [1.82, 2.24) is 0 Å². The lowest BCUT2D eigenvalue weighted by Gasteiger charge is -2.27. The number of benzene rings is 11. The molecule has 0 aliphatic carbocycles. The molecule has 0 atom stereocenters. The Hall–Kier alpha value is -8.86. The van der Waals surface area contributed by atoms with Crippen molar-refractivity contribution in [3.05, 3.63) is 230 Å². The summed E-state index contributed by atoms with van der Waals surface area (Å²) in [5.74, 6) is 2.51. The molecule has 0 unspecified atom stereocenters. The van der Waals surface area contributed by atoms with Gasteiger partial charge in [0.1, 0.15) is 11.5 Å². The van der Waals surface area contributed by atoms with E-state index in [1.54, 1.807) is 14.2 Å². The molecule has 0 N–H and O–H groups in total. The van der Waals surface area contributed by atoms with Crippen LogP contribution in [0.3, 0.4) is 0 Å².